The Balaban J connectivity index is 1.86. The van der Waals surface area contributed by atoms with E-state index < -0.39 is 19.7 Å². The van der Waals surface area contributed by atoms with Crippen molar-refractivity contribution in [3.63, 3.8) is 0 Å². The molecule has 5 aromatic rings. The van der Waals surface area contributed by atoms with Crippen LogP contribution in [0.1, 0.15) is 11.4 Å². The average molecular weight is 489 g/mol. The molecule has 6 nitrogen and oxygen atoms in total. The molecule has 0 amide bonds. The summed E-state index contributed by atoms with van der Waals surface area (Å²) in [5, 5.41) is 0.784. The van der Waals surface area contributed by atoms with Gasteiger partial charge in [0.15, 0.2) is 0 Å². The quantitative estimate of drug-likeness (QED) is 0.328. The van der Waals surface area contributed by atoms with Crippen molar-refractivity contribution in [1.29, 1.82) is 0 Å². The van der Waals surface area contributed by atoms with Gasteiger partial charge in [-0.25, -0.2) is 16.8 Å². The first-order chi connectivity index (χ1) is 16.2. The van der Waals surface area contributed by atoms with Gasteiger partial charge in [0.2, 0.25) is 19.7 Å². The van der Waals surface area contributed by atoms with E-state index in [1.165, 1.54) is 12.1 Å². The lowest BCUT2D eigenvalue weighted by atomic mass is 10.1. The molecule has 2 aromatic heterocycles. The minimum atomic E-state index is -3.83. The molecule has 8 heteroatoms. The zero-order chi connectivity index (χ0) is 24.1. The van der Waals surface area contributed by atoms with Crippen LogP contribution in [0.15, 0.2) is 105 Å². The molecule has 0 unspecified atom stereocenters. The van der Waals surface area contributed by atoms with Gasteiger partial charge in [0.05, 0.1) is 30.6 Å². The Labute approximate surface area is 197 Å². The lowest BCUT2D eigenvalue weighted by molar-refractivity contribution is 0.595. The van der Waals surface area contributed by atoms with Gasteiger partial charge >= 0.3 is 0 Å². The Morgan fingerprint density at radius 1 is 0.529 bits per heavy atom. The normalized spacial score (nSPS) is 12.3. The number of hydrogen-bond acceptors (Lipinski definition) is 6. The molecule has 0 spiro atoms. The van der Waals surface area contributed by atoms with E-state index in [2.05, 4.69) is 9.97 Å². The summed E-state index contributed by atoms with van der Waals surface area (Å²) in [5.41, 5.74) is 1.68. The number of nitrogens with zero attached hydrogens (tertiary/aromatic N) is 2. The number of hydrogen-bond donors (Lipinski definition) is 0. The molecular formula is C26H20N2O4S2. The summed E-state index contributed by atoms with van der Waals surface area (Å²) < 4.78 is 53.9. The van der Waals surface area contributed by atoms with Crippen LogP contribution in [0, 0.1) is 13.8 Å². The standard InChI is InChI=1S/C26H20N2O4S2/c1-17-15-23(33(29,30)19-9-5-3-6-10-19)21-13-14-22-24(16-18(2)28-26(22)25(21)27-17)34(31,32)20-11-7-4-8-12-20/h3-16H,1-2H3. The van der Waals surface area contributed by atoms with Crippen LogP contribution < -0.4 is 0 Å². The highest BCUT2D eigenvalue weighted by atomic mass is 32.2. The number of pyridine rings is 2. The maximum Gasteiger partial charge on any atom is 0.207 e. The van der Waals surface area contributed by atoms with Gasteiger partial charge in [-0.3, -0.25) is 9.97 Å². The molecule has 3 aromatic carbocycles. The molecule has 5 rings (SSSR count). The van der Waals surface area contributed by atoms with Gasteiger partial charge in [-0.1, -0.05) is 48.5 Å². The van der Waals surface area contributed by atoms with Crippen molar-refractivity contribution < 1.29 is 16.8 Å². The number of fused-ring (bicyclic) bond motifs is 3. The zero-order valence-electron chi connectivity index (χ0n) is 18.4. The van der Waals surface area contributed by atoms with E-state index in [1.54, 1.807) is 86.6 Å². The van der Waals surface area contributed by atoms with Gasteiger partial charge in [-0.15, -0.1) is 0 Å². The van der Waals surface area contributed by atoms with Crippen molar-refractivity contribution >= 4 is 41.5 Å². The zero-order valence-corrected chi connectivity index (χ0v) is 20.1. The fourth-order valence-corrected chi connectivity index (χ4v) is 7.15. The van der Waals surface area contributed by atoms with Gasteiger partial charge in [0.1, 0.15) is 0 Å². The molecule has 0 bridgehead atoms. The van der Waals surface area contributed by atoms with Gasteiger partial charge in [0, 0.05) is 22.2 Å². The van der Waals surface area contributed by atoms with Crippen LogP contribution in [0.5, 0.6) is 0 Å². The summed E-state index contributed by atoms with van der Waals surface area (Å²) in [4.78, 5) is 9.74. The van der Waals surface area contributed by atoms with Gasteiger partial charge in [0.25, 0.3) is 0 Å². The largest absolute Gasteiger partial charge is 0.251 e. The van der Waals surface area contributed by atoms with Crippen molar-refractivity contribution in [3.05, 3.63) is 96.3 Å². The van der Waals surface area contributed by atoms with Crippen LogP contribution in [0.4, 0.5) is 0 Å². The number of rotatable bonds is 4. The number of aromatic nitrogens is 2. The van der Waals surface area contributed by atoms with E-state index in [9.17, 15) is 16.8 Å². The predicted molar refractivity (Wildman–Crippen MR) is 130 cm³/mol. The second kappa shape index (κ2) is 8.00. The van der Waals surface area contributed by atoms with E-state index in [0.29, 0.717) is 33.2 Å². The smallest absolute Gasteiger partial charge is 0.207 e. The molecule has 0 fully saturated rings. The molecule has 0 N–H and O–H groups in total. The molecule has 170 valence electrons. The molecule has 0 saturated heterocycles. The molecule has 0 aliphatic carbocycles. The first-order valence-electron chi connectivity index (χ1n) is 10.5. The Morgan fingerprint density at radius 3 is 1.24 bits per heavy atom. The van der Waals surface area contributed by atoms with E-state index in [-0.39, 0.29) is 19.6 Å². The van der Waals surface area contributed by atoms with Crippen molar-refractivity contribution in [2.24, 2.45) is 0 Å². The molecule has 2 heterocycles. The van der Waals surface area contributed by atoms with Crippen molar-refractivity contribution in [2.75, 3.05) is 0 Å². The van der Waals surface area contributed by atoms with E-state index in [0.717, 1.165) is 0 Å². The predicted octanol–water partition coefficient (Wildman–Crippen LogP) is 5.07. The Kier molecular flexibility index (Phi) is 5.22. The van der Waals surface area contributed by atoms with Gasteiger partial charge in [-0.2, -0.15) is 0 Å². The second-order valence-electron chi connectivity index (χ2n) is 8.01. The van der Waals surface area contributed by atoms with Crippen LogP contribution in [0.3, 0.4) is 0 Å². The molecule has 0 saturated carbocycles. The Morgan fingerprint density at radius 2 is 0.882 bits per heavy atom. The fraction of sp³-hybridized carbons (Fsp3) is 0.0769. The molecule has 0 aliphatic rings. The highest BCUT2D eigenvalue weighted by Gasteiger charge is 2.25. The summed E-state index contributed by atoms with van der Waals surface area (Å²) in [6, 6.07) is 22.7. The van der Waals surface area contributed by atoms with Gasteiger partial charge in [-0.05, 0) is 50.2 Å². The second-order valence-corrected chi connectivity index (χ2v) is 11.9. The lowest BCUT2D eigenvalue weighted by Crippen LogP contribution is -2.07. The SMILES string of the molecule is Cc1cc(S(=O)(=O)c2ccccc2)c2ccc3c(S(=O)(=O)c4ccccc4)cc(C)nc3c2n1. The van der Waals surface area contributed by atoms with Crippen LogP contribution in [-0.4, -0.2) is 26.8 Å². The average Bonchev–Trinajstić information content (AvgIpc) is 2.84. The third-order valence-corrected chi connectivity index (χ3v) is 9.24. The summed E-state index contributed by atoms with van der Waals surface area (Å²) in [5.74, 6) is 0. The van der Waals surface area contributed by atoms with E-state index in [1.807, 2.05) is 0 Å². The molecule has 34 heavy (non-hydrogen) atoms. The van der Waals surface area contributed by atoms with E-state index >= 15 is 0 Å². The van der Waals surface area contributed by atoms with E-state index in [4.69, 9.17) is 0 Å². The minimum absolute atomic E-state index is 0.110. The first kappa shape index (κ1) is 22.2. The maximum absolute atomic E-state index is 13.5. The van der Waals surface area contributed by atoms with Gasteiger partial charge < -0.3 is 0 Å². The molecule has 0 atom stereocenters. The topological polar surface area (TPSA) is 94.1 Å². The Hall–Kier alpha value is -3.62. The monoisotopic (exact) mass is 488 g/mol. The van der Waals surface area contributed by atoms with Crippen molar-refractivity contribution in [1.82, 2.24) is 9.97 Å². The summed E-state index contributed by atoms with van der Waals surface area (Å²) in [6.07, 6.45) is 0. The molecule has 0 aliphatic heterocycles. The number of aryl methyl sites for hydroxylation is 2. The third kappa shape index (κ3) is 3.55. The van der Waals surface area contributed by atoms with Crippen LogP contribution in [0.2, 0.25) is 0 Å². The molecular weight excluding hydrogens is 468 g/mol. The number of sulfone groups is 2. The van der Waals surface area contributed by atoms with Crippen LogP contribution in [-0.2, 0) is 19.7 Å². The highest BCUT2D eigenvalue weighted by molar-refractivity contribution is 7.92. The first-order valence-corrected chi connectivity index (χ1v) is 13.5. The molecule has 0 radical (unpaired) electrons. The lowest BCUT2D eigenvalue weighted by Gasteiger charge is -2.14. The number of benzene rings is 3. The summed E-state index contributed by atoms with van der Waals surface area (Å²) >= 11 is 0. The maximum atomic E-state index is 13.5. The minimum Gasteiger partial charge on any atom is -0.251 e. The van der Waals surface area contributed by atoms with Crippen molar-refractivity contribution in [3.8, 4) is 0 Å². The van der Waals surface area contributed by atoms with Crippen molar-refractivity contribution in [2.45, 2.75) is 33.4 Å². The summed E-state index contributed by atoms with van der Waals surface area (Å²) in [6.45, 7) is 3.42. The fourth-order valence-electron chi connectivity index (χ4n) is 4.05. The summed E-state index contributed by atoms with van der Waals surface area (Å²) in [7, 11) is -7.67. The Bertz CT molecular complexity index is 1650. The highest BCUT2D eigenvalue weighted by Crippen LogP contribution is 2.35. The van der Waals surface area contributed by atoms with Crippen LogP contribution in [0.25, 0.3) is 21.8 Å². The van der Waals surface area contributed by atoms with Crippen LogP contribution >= 0.6 is 0 Å². The third-order valence-electron chi connectivity index (χ3n) is 5.62.